The summed E-state index contributed by atoms with van der Waals surface area (Å²) in [4.78, 5) is 52.5. The van der Waals surface area contributed by atoms with Crippen molar-refractivity contribution >= 4 is 35.5 Å². The first-order valence-electron chi connectivity index (χ1n) is 12.4. The largest absolute Gasteiger partial charge is 0.480 e. The SMILES string of the molecule is CSCCC(N)C(=O)N1CCCC1C(=O)NC(CCCCN)C(=O)NC(Cc1ccccc1)C(=O)O. The minimum absolute atomic E-state index is 0.115. The third-order valence-corrected chi connectivity index (χ3v) is 6.91. The van der Waals surface area contributed by atoms with Crippen LogP contribution in [0.2, 0.25) is 0 Å². The van der Waals surface area contributed by atoms with Crippen LogP contribution in [0.5, 0.6) is 0 Å². The predicted octanol–water partition coefficient (Wildman–Crippen LogP) is 0.484. The lowest BCUT2D eigenvalue weighted by molar-refractivity contribution is -0.143. The fraction of sp³-hybridized carbons (Fsp3) is 0.600. The highest BCUT2D eigenvalue weighted by Crippen LogP contribution is 2.20. The zero-order valence-corrected chi connectivity index (χ0v) is 21.7. The molecule has 36 heavy (non-hydrogen) atoms. The maximum atomic E-state index is 13.2. The van der Waals surface area contributed by atoms with Gasteiger partial charge in [0.1, 0.15) is 18.1 Å². The molecule has 0 bridgehead atoms. The first kappa shape index (κ1) is 29.6. The summed E-state index contributed by atoms with van der Waals surface area (Å²) in [5.41, 5.74) is 12.4. The highest BCUT2D eigenvalue weighted by molar-refractivity contribution is 7.98. The molecule has 1 fully saturated rings. The van der Waals surface area contributed by atoms with Crippen LogP contribution in [0.1, 0.15) is 44.1 Å². The number of nitrogens with one attached hydrogen (secondary N) is 2. The first-order valence-corrected chi connectivity index (χ1v) is 13.8. The number of carboxylic acid groups (broad SMARTS) is 1. The minimum Gasteiger partial charge on any atom is -0.480 e. The molecule has 1 aliphatic rings. The lowest BCUT2D eigenvalue weighted by Crippen LogP contribution is -2.56. The number of hydrogen-bond acceptors (Lipinski definition) is 7. The van der Waals surface area contributed by atoms with Crippen molar-refractivity contribution in [3.63, 3.8) is 0 Å². The Bertz CT molecular complexity index is 872. The lowest BCUT2D eigenvalue weighted by atomic mass is 10.0. The summed E-state index contributed by atoms with van der Waals surface area (Å²) in [6.45, 7) is 0.874. The van der Waals surface area contributed by atoms with Gasteiger partial charge in [-0.05, 0) is 62.6 Å². The molecule has 1 saturated heterocycles. The van der Waals surface area contributed by atoms with E-state index in [1.165, 1.54) is 4.90 Å². The fourth-order valence-corrected chi connectivity index (χ4v) is 4.73. The molecule has 4 atom stereocenters. The van der Waals surface area contributed by atoms with Crippen LogP contribution in [-0.4, -0.2) is 83.0 Å². The number of rotatable bonds is 15. The number of unbranched alkanes of at least 4 members (excludes halogenated alkanes) is 1. The van der Waals surface area contributed by atoms with Crippen molar-refractivity contribution in [3.8, 4) is 0 Å². The molecule has 1 aromatic carbocycles. The Labute approximate surface area is 216 Å². The number of carboxylic acids is 1. The zero-order valence-electron chi connectivity index (χ0n) is 20.9. The average molecular weight is 522 g/mol. The van der Waals surface area contributed by atoms with E-state index in [9.17, 15) is 24.3 Å². The van der Waals surface area contributed by atoms with Crippen molar-refractivity contribution in [3.05, 3.63) is 35.9 Å². The maximum Gasteiger partial charge on any atom is 0.326 e. The molecule has 0 radical (unpaired) electrons. The number of hydrogen-bond donors (Lipinski definition) is 5. The third-order valence-electron chi connectivity index (χ3n) is 6.27. The normalized spacial score (nSPS) is 17.8. The summed E-state index contributed by atoms with van der Waals surface area (Å²) < 4.78 is 0. The Balaban J connectivity index is 2.08. The van der Waals surface area contributed by atoms with Crippen LogP contribution in [0.15, 0.2) is 30.3 Å². The number of aliphatic carboxylic acids is 1. The molecule has 0 aliphatic carbocycles. The summed E-state index contributed by atoms with van der Waals surface area (Å²) in [6.07, 6.45) is 5.27. The van der Waals surface area contributed by atoms with Crippen LogP contribution in [-0.2, 0) is 25.6 Å². The Morgan fingerprint density at radius 1 is 1.11 bits per heavy atom. The van der Waals surface area contributed by atoms with E-state index >= 15 is 0 Å². The van der Waals surface area contributed by atoms with E-state index in [1.807, 2.05) is 12.3 Å². The van der Waals surface area contributed by atoms with E-state index in [4.69, 9.17) is 11.5 Å². The second kappa shape index (κ2) is 15.5. The monoisotopic (exact) mass is 521 g/mol. The number of amides is 3. The van der Waals surface area contributed by atoms with Crippen LogP contribution in [0.4, 0.5) is 0 Å². The number of benzene rings is 1. The molecular weight excluding hydrogens is 482 g/mol. The molecule has 200 valence electrons. The molecule has 1 aromatic rings. The smallest absolute Gasteiger partial charge is 0.326 e. The van der Waals surface area contributed by atoms with Crippen molar-refractivity contribution in [2.75, 3.05) is 25.1 Å². The number of carbonyl (C=O) groups is 4. The number of nitrogens with two attached hydrogens (primary N) is 2. The van der Waals surface area contributed by atoms with Crippen molar-refractivity contribution in [1.29, 1.82) is 0 Å². The van der Waals surface area contributed by atoms with Crippen LogP contribution < -0.4 is 22.1 Å². The molecule has 1 aliphatic heterocycles. The molecule has 0 saturated carbocycles. The van der Waals surface area contributed by atoms with Crippen LogP contribution in [0.25, 0.3) is 0 Å². The molecule has 3 amide bonds. The molecule has 1 heterocycles. The molecule has 0 spiro atoms. The van der Waals surface area contributed by atoms with Crippen LogP contribution in [0, 0.1) is 0 Å². The molecule has 2 rings (SSSR count). The number of carbonyl (C=O) groups excluding carboxylic acids is 3. The van der Waals surface area contributed by atoms with Gasteiger partial charge in [0.05, 0.1) is 6.04 Å². The average Bonchev–Trinajstić information content (AvgIpc) is 3.36. The van der Waals surface area contributed by atoms with Gasteiger partial charge in [0, 0.05) is 13.0 Å². The van der Waals surface area contributed by atoms with E-state index in [0.29, 0.717) is 51.6 Å². The van der Waals surface area contributed by atoms with Gasteiger partial charge in [-0.3, -0.25) is 14.4 Å². The van der Waals surface area contributed by atoms with E-state index < -0.39 is 42.0 Å². The minimum atomic E-state index is -1.16. The highest BCUT2D eigenvalue weighted by atomic mass is 32.2. The summed E-state index contributed by atoms with van der Waals surface area (Å²) >= 11 is 1.60. The van der Waals surface area contributed by atoms with Gasteiger partial charge in [-0.25, -0.2) is 4.79 Å². The van der Waals surface area contributed by atoms with E-state index in [1.54, 1.807) is 36.0 Å². The maximum absolute atomic E-state index is 13.2. The Hall–Kier alpha value is -2.63. The quantitative estimate of drug-likeness (QED) is 0.208. The van der Waals surface area contributed by atoms with Crippen molar-refractivity contribution < 1.29 is 24.3 Å². The number of nitrogens with zero attached hydrogens (tertiary/aromatic N) is 1. The van der Waals surface area contributed by atoms with Gasteiger partial charge in [0.15, 0.2) is 0 Å². The van der Waals surface area contributed by atoms with E-state index in [-0.39, 0.29) is 12.3 Å². The summed E-state index contributed by atoms with van der Waals surface area (Å²) in [6, 6.07) is 5.54. The van der Waals surface area contributed by atoms with Crippen molar-refractivity contribution in [2.24, 2.45) is 11.5 Å². The van der Waals surface area contributed by atoms with Gasteiger partial charge in [-0.2, -0.15) is 11.8 Å². The van der Waals surface area contributed by atoms with Gasteiger partial charge in [-0.15, -0.1) is 0 Å². The molecule has 0 aromatic heterocycles. The number of likely N-dealkylation sites (tertiary alicyclic amines) is 1. The molecule has 7 N–H and O–H groups in total. The summed E-state index contributed by atoms with van der Waals surface area (Å²) in [5, 5.41) is 15.0. The van der Waals surface area contributed by atoms with Gasteiger partial charge in [-0.1, -0.05) is 30.3 Å². The Morgan fingerprint density at radius 2 is 1.83 bits per heavy atom. The second-order valence-corrected chi connectivity index (χ2v) is 10.00. The summed E-state index contributed by atoms with van der Waals surface area (Å²) in [5.74, 6) is -1.68. The van der Waals surface area contributed by atoms with Crippen LogP contribution >= 0.6 is 11.8 Å². The second-order valence-electron chi connectivity index (χ2n) is 9.01. The van der Waals surface area contributed by atoms with Gasteiger partial charge < -0.3 is 32.1 Å². The van der Waals surface area contributed by atoms with Crippen molar-refractivity contribution in [2.45, 2.75) is 69.1 Å². The van der Waals surface area contributed by atoms with Gasteiger partial charge in [0.2, 0.25) is 17.7 Å². The number of thioether (sulfide) groups is 1. The van der Waals surface area contributed by atoms with Crippen LogP contribution in [0.3, 0.4) is 0 Å². The lowest BCUT2D eigenvalue weighted by Gasteiger charge is -2.28. The molecule has 10 nitrogen and oxygen atoms in total. The molecule has 4 unspecified atom stereocenters. The Kier molecular flexibility index (Phi) is 12.7. The Morgan fingerprint density at radius 3 is 2.47 bits per heavy atom. The van der Waals surface area contributed by atoms with E-state index in [2.05, 4.69) is 10.6 Å². The van der Waals surface area contributed by atoms with Gasteiger partial charge in [0.25, 0.3) is 0 Å². The van der Waals surface area contributed by atoms with Crippen molar-refractivity contribution in [1.82, 2.24) is 15.5 Å². The highest BCUT2D eigenvalue weighted by Gasteiger charge is 2.37. The third kappa shape index (κ3) is 9.11. The standard InChI is InChI=1S/C25H39N5O5S/c1-36-15-12-18(27)24(33)30-14-7-11-21(30)23(32)28-19(10-5-6-13-26)22(31)29-20(25(34)35)16-17-8-3-2-4-9-17/h2-4,8-9,18-21H,5-7,10-16,26-27H2,1H3,(H,28,32)(H,29,31)(H,34,35). The van der Waals surface area contributed by atoms with Gasteiger partial charge >= 0.3 is 5.97 Å². The fourth-order valence-electron chi connectivity index (χ4n) is 4.24. The summed E-state index contributed by atoms with van der Waals surface area (Å²) in [7, 11) is 0. The first-order chi connectivity index (χ1) is 17.3. The zero-order chi connectivity index (χ0) is 26.5. The topological polar surface area (TPSA) is 168 Å². The molecule has 11 heteroatoms. The van der Waals surface area contributed by atoms with E-state index in [0.717, 1.165) is 11.3 Å². The predicted molar refractivity (Wildman–Crippen MR) is 140 cm³/mol. The molecular formula is C25H39N5O5S.